The van der Waals surface area contributed by atoms with Crippen molar-refractivity contribution in [2.75, 3.05) is 44.8 Å². The molecule has 0 unspecified atom stereocenters. The third kappa shape index (κ3) is 4.69. The van der Waals surface area contributed by atoms with Crippen LogP contribution in [0.2, 0.25) is 0 Å². The van der Waals surface area contributed by atoms with Crippen LogP contribution in [-0.4, -0.2) is 70.0 Å². The van der Waals surface area contributed by atoms with E-state index in [4.69, 9.17) is 4.74 Å². The number of nitrogens with one attached hydrogen (secondary N) is 1. The number of anilines is 1. The molecule has 182 valence electrons. The van der Waals surface area contributed by atoms with E-state index in [-0.39, 0.29) is 11.6 Å². The molecule has 0 radical (unpaired) electrons. The van der Waals surface area contributed by atoms with Gasteiger partial charge in [0.25, 0.3) is 5.56 Å². The number of methoxy groups -OCH3 is 1. The second-order valence-electron chi connectivity index (χ2n) is 9.11. The summed E-state index contributed by atoms with van der Waals surface area (Å²) in [5.41, 5.74) is 4.84. The van der Waals surface area contributed by atoms with Gasteiger partial charge in [0.2, 0.25) is 0 Å². The van der Waals surface area contributed by atoms with Crippen LogP contribution in [0.1, 0.15) is 28.6 Å². The van der Waals surface area contributed by atoms with Gasteiger partial charge in [0, 0.05) is 44.5 Å². The van der Waals surface area contributed by atoms with Gasteiger partial charge in [0.15, 0.2) is 5.82 Å². The first kappa shape index (κ1) is 23.2. The molecule has 1 atom stereocenters. The van der Waals surface area contributed by atoms with Crippen molar-refractivity contribution in [2.24, 2.45) is 0 Å². The lowest BCUT2D eigenvalue weighted by molar-refractivity contribution is 0.171. The molecule has 5 rings (SSSR count). The number of fused-ring (bicyclic) bond motifs is 1. The van der Waals surface area contributed by atoms with Crippen LogP contribution >= 0.6 is 0 Å². The number of pyridine rings is 1. The number of aryl methyl sites for hydroxylation is 2. The van der Waals surface area contributed by atoms with E-state index in [1.165, 1.54) is 5.69 Å². The molecule has 3 heterocycles. The van der Waals surface area contributed by atoms with Gasteiger partial charge in [-0.2, -0.15) is 0 Å². The van der Waals surface area contributed by atoms with Crippen molar-refractivity contribution in [3.63, 3.8) is 0 Å². The second kappa shape index (κ2) is 9.97. The molecule has 1 N–H and O–H groups in total. The predicted octanol–water partition coefficient (Wildman–Crippen LogP) is 2.69. The lowest BCUT2D eigenvalue weighted by Crippen LogP contribution is -2.49. The number of nitrogens with zero attached hydrogens (tertiary/aromatic N) is 6. The van der Waals surface area contributed by atoms with Crippen molar-refractivity contribution in [1.29, 1.82) is 0 Å². The Hall–Kier alpha value is -3.56. The van der Waals surface area contributed by atoms with E-state index in [1.54, 1.807) is 11.8 Å². The van der Waals surface area contributed by atoms with Crippen LogP contribution in [0.15, 0.2) is 53.3 Å². The quantitative estimate of drug-likeness (QED) is 0.441. The molecule has 1 saturated heterocycles. The lowest BCUT2D eigenvalue weighted by atomic mass is 10.00. The van der Waals surface area contributed by atoms with E-state index in [9.17, 15) is 4.79 Å². The molecule has 2 aromatic heterocycles. The van der Waals surface area contributed by atoms with Crippen molar-refractivity contribution in [3.05, 3.63) is 81.4 Å². The number of rotatable bonds is 7. The summed E-state index contributed by atoms with van der Waals surface area (Å²) >= 11 is 0. The van der Waals surface area contributed by atoms with Gasteiger partial charge in [0.1, 0.15) is 6.04 Å². The number of hydrogen-bond donors (Lipinski definition) is 1. The third-order valence-electron chi connectivity index (χ3n) is 6.73. The van der Waals surface area contributed by atoms with E-state index < -0.39 is 0 Å². The predicted molar refractivity (Wildman–Crippen MR) is 136 cm³/mol. The maximum Gasteiger partial charge on any atom is 0.253 e. The van der Waals surface area contributed by atoms with Crippen LogP contribution in [0.25, 0.3) is 10.9 Å². The molecule has 1 aliphatic heterocycles. The number of piperazine rings is 1. The minimum atomic E-state index is -0.367. The molecule has 1 aliphatic rings. The van der Waals surface area contributed by atoms with Gasteiger partial charge in [-0.25, -0.2) is 4.68 Å². The molecule has 0 bridgehead atoms. The Morgan fingerprint density at radius 1 is 1.06 bits per heavy atom. The average molecular weight is 474 g/mol. The Morgan fingerprint density at radius 2 is 1.83 bits per heavy atom. The van der Waals surface area contributed by atoms with Crippen LogP contribution < -0.4 is 10.5 Å². The first-order valence-electron chi connectivity index (χ1n) is 12.0. The van der Waals surface area contributed by atoms with E-state index in [0.717, 1.165) is 48.2 Å². The summed E-state index contributed by atoms with van der Waals surface area (Å²) in [6.45, 7) is 8.36. The summed E-state index contributed by atoms with van der Waals surface area (Å²) in [7, 11) is 1.66. The molecular weight excluding hydrogens is 442 g/mol. The molecule has 9 heteroatoms. The van der Waals surface area contributed by atoms with Crippen molar-refractivity contribution in [2.45, 2.75) is 26.4 Å². The highest BCUT2D eigenvalue weighted by Crippen LogP contribution is 2.29. The normalized spacial score (nSPS) is 15.6. The zero-order valence-electron chi connectivity index (χ0n) is 20.4. The molecular formula is C26H31N7O2. The number of H-pyrrole nitrogens is 1. The highest BCUT2D eigenvalue weighted by Gasteiger charge is 2.32. The van der Waals surface area contributed by atoms with Gasteiger partial charge >= 0.3 is 0 Å². The maximum absolute atomic E-state index is 13.5. The van der Waals surface area contributed by atoms with Gasteiger partial charge < -0.3 is 14.6 Å². The number of hydrogen-bond acceptors (Lipinski definition) is 7. The topological polar surface area (TPSA) is 92.2 Å². The zero-order chi connectivity index (χ0) is 24.4. The Morgan fingerprint density at radius 3 is 2.57 bits per heavy atom. The van der Waals surface area contributed by atoms with Crippen LogP contribution in [0, 0.1) is 13.8 Å². The van der Waals surface area contributed by atoms with Crippen LogP contribution in [0.4, 0.5) is 5.69 Å². The fourth-order valence-corrected chi connectivity index (χ4v) is 5.03. The summed E-state index contributed by atoms with van der Waals surface area (Å²) in [5, 5.41) is 13.6. The third-order valence-corrected chi connectivity index (χ3v) is 6.73. The standard InChI is InChI=1S/C26H31N7O2/c1-18-15-19(2)23-20(16-18)17-22(26(34)27-23)24(25-28-29-30-33(25)13-14-35-3)32-11-9-31(10-12-32)21-7-5-4-6-8-21/h4-8,15-17,24H,9-14H2,1-3H3,(H,27,34)/t24-/m0/s1. The highest BCUT2D eigenvalue weighted by atomic mass is 16.5. The van der Waals surface area contributed by atoms with Gasteiger partial charge in [-0.05, 0) is 59.5 Å². The summed E-state index contributed by atoms with van der Waals surface area (Å²) in [5.74, 6) is 0.657. The SMILES string of the molecule is COCCn1nnnc1[C@H](c1cc2cc(C)cc(C)c2[nH]c1=O)N1CCN(c2ccccc2)CC1. The Bertz CT molecular complexity index is 1360. The molecule has 0 aliphatic carbocycles. The smallest absolute Gasteiger partial charge is 0.253 e. The Labute approximate surface area is 204 Å². The summed E-state index contributed by atoms with van der Waals surface area (Å²) in [4.78, 5) is 21.3. The molecule has 4 aromatic rings. The number of tetrazole rings is 1. The summed E-state index contributed by atoms with van der Waals surface area (Å²) in [6.07, 6.45) is 0. The van der Waals surface area contributed by atoms with Crippen molar-refractivity contribution in [1.82, 2.24) is 30.1 Å². The number of benzene rings is 2. The maximum atomic E-state index is 13.5. The van der Waals surface area contributed by atoms with Crippen molar-refractivity contribution >= 4 is 16.6 Å². The number of ether oxygens (including phenoxy) is 1. The molecule has 0 saturated carbocycles. The molecule has 0 spiro atoms. The molecule has 2 aromatic carbocycles. The van der Waals surface area contributed by atoms with E-state index in [1.807, 2.05) is 19.1 Å². The lowest BCUT2D eigenvalue weighted by Gasteiger charge is -2.39. The van der Waals surface area contributed by atoms with E-state index in [2.05, 4.69) is 73.6 Å². The molecule has 1 fully saturated rings. The summed E-state index contributed by atoms with van der Waals surface area (Å²) in [6, 6.07) is 16.3. The molecule has 0 amide bonds. The van der Waals surface area contributed by atoms with E-state index >= 15 is 0 Å². The monoisotopic (exact) mass is 473 g/mol. The second-order valence-corrected chi connectivity index (χ2v) is 9.11. The summed E-state index contributed by atoms with van der Waals surface area (Å²) < 4.78 is 7.02. The first-order chi connectivity index (χ1) is 17.0. The highest BCUT2D eigenvalue weighted by molar-refractivity contribution is 5.83. The molecule has 35 heavy (non-hydrogen) atoms. The minimum Gasteiger partial charge on any atom is -0.383 e. The number of aromatic amines is 1. The van der Waals surface area contributed by atoms with Gasteiger partial charge in [-0.3, -0.25) is 9.69 Å². The molecule has 9 nitrogen and oxygen atoms in total. The van der Waals surface area contributed by atoms with Gasteiger partial charge in [-0.15, -0.1) is 5.10 Å². The van der Waals surface area contributed by atoms with Crippen molar-refractivity contribution in [3.8, 4) is 0 Å². The first-order valence-corrected chi connectivity index (χ1v) is 12.0. The fourth-order valence-electron chi connectivity index (χ4n) is 5.03. The van der Waals surface area contributed by atoms with E-state index in [0.29, 0.717) is 24.5 Å². The van der Waals surface area contributed by atoms with Crippen LogP contribution in [-0.2, 0) is 11.3 Å². The number of para-hydroxylation sites is 1. The van der Waals surface area contributed by atoms with Crippen molar-refractivity contribution < 1.29 is 4.74 Å². The Balaban J connectivity index is 1.55. The fraction of sp³-hybridized carbons (Fsp3) is 0.385. The van der Waals surface area contributed by atoms with Crippen LogP contribution in [0.3, 0.4) is 0 Å². The largest absolute Gasteiger partial charge is 0.383 e. The Kier molecular flexibility index (Phi) is 6.61. The zero-order valence-corrected chi connectivity index (χ0v) is 20.4. The number of aromatic nitrogens is 5. The minimum absolute atomic E-state index is 0.110. The van der Waals surface area contributed by atoms with Crippen LogP contribution in [0.5, 0.6) is 0 Å². The average Bonchev–Trinajstić information content (AvgIpc) is 3.33. The van der Waals surface area contributed by atoms with Gasteiger partial charge in [0.05, 0.1) is 18.7 Å². The van der Waals surface area contributed by atoms with Gasteiger partial charge in [-0.1, -0.05) is 29.8 Å².